The molecule has 1 heterocycles. The van der Waals surface area contributed by atoms with E-state index in [-0.39, 0.29) is 5.82 Å². The van der Waals surface area contributed by atoms with Crippen LogP contribution >= 0.6 is 0 Å². The van der Waals surface area contributed by atoms with Crippen molar-refractivity contribution in [3.8, 4) is 0 Å². The Hall–Kier alpha value is -0.930. The third-order valence-electron chi connectivity index (χ3n) is 2.44. The molecule has 0 fully saturated rings. The quantitative estimate of drug-likeness (QED) is 0.648. The molecule has 1 aliphatic heterocycles. The van der Waals surface area contributed by atoms with Crippen LogP contribution in [0.1, 0.15) is 11.1 Å². The molecule has 0 spiro atoms. The molecule has 3 heteroatoms. The summed E-state index contributed by atoms with van der Waals surface area (Å²) in [6.45, 7) is 1.71. The van der Waals surface area contributed by atoms with Gasteiger partial charge >= 0.3 is 0 Å². The first-order chi connectivity index (χ1) is 6.16. The van der Waals surface area contributed by atoms with Gasteiger partial charge in [0.2, 0.25) is 0 Å². The van der Waals surface area contributed by atoms with E-state index in [1.807, 2.05) is 25.2 Å². The van der Waals surface area contributed by atoms with Crippen LogP contribution in [0.2, 0.25) is 0 Å². The molecule has 1 aromatic rings. The van der Waals surface area contributed by atoms with Crippen LogP contribution in [-0.4, -0.2) is 24.1 Å². The summed E-state index contributed by atoms with van der Waals surface area (Å²) in [4.78, 5) is 0. The third-order valence-corrected chi connectivity index (χ3v) is 2.44. The molecule has 0 atom stereocenters. The highest BCUT2D eigenvalue weighted by molar-refractivity contribution is 5.30. The van der Waals surface area contributed by atoms with Crippen molar-refractivity contribution in [1.29, 1.82) is 0 Å². The molecule has 13 heavy (non-hydrogen) atoms. The molecule has 2 rings (SSSR count). The van der Waals surface area contributed by atoms with Gasteiger partial charge in [-0.25, -0.2) is 14.4 Å². The van der Waals surface area contributed by atoms with Gasteiger partial charge in [0.25, 0.3) is 0 Å². The molecule has 0 aromatic heterocycles. The Kier molecular flexibility index (Phi) is 2.06. The maximum Gasteiger partial charge on any atom is 0.123 e. The van der Waals surface area contributed by atoms with E-state index in [1.54, 1.807) is 6.07 Å². The van der Waals surface area contributed by atoms with Gasteiger partial charge < -0.3 is 0 Å². The van der Waals surface area contributed by atoms with Crippen LogP contribution in [-0.2, 0) is 13.1 Å². The fraction of sp³-hybridized carbons (Fsp3) is 0.400. The summed E-state index contributed by atoms with van der Waals surface area (Å²) in [5.41, 5.74) is 2.34. The van der Waals surface area contributed by atoms with Gasteiger partial charge in [-0.1, -0.05) is 6.07 Å². The Labute approximate surface area is 77.5 Å². The van der Waals surface area contributed by atoms with Crippen molar-refractivity contribution in [2.45, 2.75) is 13.1 Å². The highest BCUT2D eigenvalue weighted by Crippen LogP contribution is 2.23. The van der Waals surface area contributed by atoms with Crippen LogP contribution in [0, 0.1) is 5.82 Å². The second kappa shape index (κ2) is 3.09. The van der Waals surface area contributed by atoms with Gasteiger partial charge in [0, 0.05) is 27.2 Å². The van der Waals surface area contributed by atoms with E-state index < -0.39 is 0 Å². The molecule has 1 aromatic carbocycles. The molecule has 0 radical (unpaired) electrons. The molecule has 2 nitrogen and oxygen atoms in total. The molecule has 0 N–H and O–H groups in total. The smallest absolute Gasteiger partial charge is 0.123 e. The van der Waals surface area contributed by atoms with Gasteiger partial charge in [-0.2, -0.15) is 0 Å². The number of benzene rings is 1. The maximum absolute atomic E-state index is 12.9. The third kappa shape index (κ3) is 1.57. The van der Waals surface area contributed by atoms with Crippen molar-refractivity contribution in [2.24, 2.45) is 0 Å². The fourth-order valence-corrected chi connectivity index (χ4v) is 1.63. The number of hydrazine groups is 1. The minimum atomic E-state index is -0.139. The first-order valence-electron chi connectivity index (χ1n) is 4.36. The predicted octanol–water partition coefficient (Wildman–Crippen LogP) is 1.62. The van der Waals surface area contributed by atoms with Gasteiger partial charge in [-0.05, 0) is 23.3 Å². The Balaban J connectivity index is 2.25. The zero-order chi connectivity index (χ0) is 9.42. The van der Waals surface area contributed by atoms with E-state index in [1.165, 1.54) is 11.6 Å². The topological polar surface area (TPSA) is 6.48 Å². The lowest BCUT2D eigenvalue weighted by Crippen LogP contribution is -2.31. The normalized spacial score (nSPS) is 16.6. The predicted molar refractivity (Wildman–Crippen MR) is 49.3 cm³/mol. The molecule has 0 unspecified atom stereocenters. The minimum absolute atomic E-state index is 0.139. The summed E-state index contributed by atoms with van der Waals surface area (Å²) in [6.07, 6.45) is 0. The summed E-state index contributed by atoms with van der Waals surface area (Å²) < 4.78 is 12.9. The average molecular weight is 180 g/mol. The standard InChI is InChI=1S/C10H13FN2/c1-12(2)13-6-8-3-4-10(11)5-9(8)7-13/h3-5H,6-7H2,1-2H3. The van der Waals surface area contributed by atoms with Crippen LogP contribution < -0.4 is 0 Å². The molecule has 0 amide bonds. The first-order valence-corrected chi connectivity index (χ1v) is 4.36. The Morgan fingerprint density at radius 3 is 2.62 bits per heavy atom. The minimum Gasteiger partial charge on any atom is -0.247 e. The van der Waals surface area contributed by atoms with Gasteiger partial charge in [0.05, 0.1) is 0 Å². The van der Waals surface area contributed by atoms with E-state index in [2.05, 4.69) is 5.01 Å². The fourth-order valence-electron chi connectivity index (χ4n) is 1.63. The van der Waals surface area contributed by atoms with Gasteiger partial charge in [-0.15, -0.1) is 0 Å². The number of fused-ring (bicyclic) bond motifs is 1. The summed E-state index contributed by atoms with van der Waals surface area (Å²) in [5.74, 6) is -0.139. The van der Waals surface area contributed by atoms with Crippen molar-refractivity contribution in [1.82, 2.24) is 10.0 Å². The molecule has 0 bridgehead atoms. The molecule has 0 aliphatic carbocycles. The van der Waals surface area contributed by atoms with E-state index in [0.717, 1.165) is 18.7 Å². The zero-order valence-corrected chi connectivity index (χ0v) is 7.92. The summed E-state index contributed by atoms with van der Waals surface area (Å²) in [5, 5.41) is 4.21. The van der Waals surface area contributed by atoms with Crippen LogP contribution in [0.3, 0.4) is 0 Å². The largest absolute Gasteiger partial charge is 0.247 e. The number of hydrogen-bond acceptors (Lipinski definition) is 2. The Bertz CT molecular complexity index is 323. The highest BCUT2D eigenvalue weighted by atomic mass is 19.1. The number of nitrogens with zero attached hydrogens (tertiary/aromatic N) is 2. The summed E-state index contributed by atoms with van der Waals surface area (Å²) in [7, 11) is 4.00. The van der Waals surface area contributed by atoms with Crippen molar-refractivity contribution >= 4 is 0 Å². The number of halogens is 1. The SMILES string of the molecule is CN(C)N1Cc2ccc(F)cc2C1. The van der Waals surface area contributed by atoms with Crippen molar-refractivity contribution in [3.05, 3.63) is 35.1 Å². The first kappa shape index (κ1) is 8.66. The van der Waals surface area contributed by atoms with Crippen LogP contribution in [0.5, 0.6) is 0 Å². The van der Waals surface area contributed by atoms with Crippen LogP contribution in [0.15, 0.2) is 18.2 Å². The second-order valence-corrected chi connectivity index (χ2v) is 3.58. The number of hydrogen-bond donors (Lipinski definition) is 0. The van der Waals surface area contributed by atoms with E-state index >= 15 is 0 Å². The lowest BCUT2D eigenvalue weighted by Gasteiger charge is -2.22. The molecular formula is C10H13FN2. The van der Waals surface area contributed by atoms with Gasteiger partial charge in [0.1, 0.15) is 5.82 Å². The Morgan fingerprint density at radius 2 is 1.92 bits per heavy atom. The van der Waals surface area contributed by atoms with Crippen molar-refractivity contribution in [3.63, 3.8) is 0 Å². The lowest BCUT2D eigenvalue weighted by atomic mass is 10.1. The summed E-state index contributed by atoms with van der Waals surface area (Å²) >= 11 is 0. The van der Waals surface area contributed by atoms with Crippen LogP contribution in [0.25, 0.3) is 0 Å². The average Bonchev–Trinajstić information content (AvgIpc) is 2.46. The highest BCUT2D eigenvalue weighted by Gasteiger charge is 2.20. The lowest BCUT2D eigenvalue weighted by molar-refractivity contribution is 0.0209. The molecule has 70 valence electrons. The van der Waals surface area contributed by atoms with Crippen molar-refractivity contribution in [2.75, 3.05) is 14.1 Å². The van der Waals surface area contributed by atoms with Gasteiger partial charge in [0.15, 0.2) is 0 Å². The summed E-state index contributed by atoms with van der Waals surface area (Å²) in [6, 6.07) is 5.02. The number of rotatable bonds is 1. The van der Waals surface area contributed by atoms with E-state index in [0.29, 0.717) is 0 Å². The molecule has 0 saturated carbocycles. The second-order valence-electron chi connectivity index (χ2n) is 3.58. The molecule has 1 aliphatic rings. The van der Waals surface area contributed by atoms with Crippen molar-refractivity contribution < 1.29 is 4.39 Å². The van der Waals surface area contributed by atoms with E-state index in [4.69, 9.17) is 0 Å². The van der Waals surface area contributed by atoms with Crippen LogP contribution in [0.4, 0.5) is 4.39 Å². The molecular weight excluding hydrogens is 167 g/mol. The zero-order valence-electron chi connectivity index (χ0n) is 7.92. The van der Waals surface area contributed by atoms with Gasteiger partial charge in [-0.3, -0.25) is 0 Å². The Morgan fingerprint density at radius 1 is 1.23 bits per heavy atom. The molecule has 0 saturated heterocycles. The van der Waals surface area contributed by atoms with E-state index in [9.17, 15) is 4.39 Å². The maximum atomic E-state index is 12.9. The monoisotopic (exact) mass is 180 g/mol.